The number of carboxylic acid groups (broad SMARTS) is 1. The van der Waals surface area contributed by atoms with Crippen LogP contribution in [0.15, 0.2) is 30.3 Å². The van der Waals surface area contributed by atoms with Gasteiger partial charge in [0.05, 0.1) is 6.04 Å². The number of primary amides is 1. The summed E-state index contributed by atoms with van der Waals surface area (Å²) in [6, 6.07) is 4.57. The molecule has 1 aromatic carbocycles. The molecule has 0 aliphatic carbocycles. The van der Waals surface area contributed by atoms with E-state index in [0.29, 0.717) is 25.8 Å². The molecule has 1 rings (SSSR count). The van der Waals surface area contributed by atoms with Crippen LogP contribution in [0.25, 0.3) is 0 Å². The standard InChI is InChI=1S/C26H42N6O6/c1-3-16(2)22(32-23(34)18(28)11-7-8-14-27)25(36)31-20(15-17-9-5-4-6-10-17)24(35)30-19(26(37)38)12-13-21(29)33/h4-6,9-10,16,18-20,22H,3,7-8,11-15,27-28H2,1-2H3,(H2,29,33)(H,30,35)(H,31,36)(H,32,34)(H,37,38). The van der Waals surface area contributed by atoms with Gasteiger partial charge in [-0.2, -0.15) is 0 Å². The smallest absolute Gasteiger partial charge is 0.326 e. The average molecular weight is 535 g/mol. The van der Waals surface area contributed by atoms with Gasteiger partial charge < -0.3 is 38.3 Å². The van der Waals surface area contributed by atoms with E-state index in [2.05, 4.69) is 16.0 Å². The van der Waals surface area contributed by atoms with Crippen LogP contribution in [0.4, 0.5) is 0 Å². The number of nitrogens with one attached hydrogen (secondary N) is 3. The minimum atomic E-state index is -1.37. The lowest BCUT2D eigenvalue weighted by Crippen LogP contribution is -2.59. The molecule has 38 heavy (non-hydrogen) atoms. The molecule has 0 spiro atoms. The summed E-state index contributed by atoms with van der Waals surface area (Å²) in [5.74, 6) is -4.14. The molecule has 4 amide bonds. The first-order valence-corrected chi connectivity index (χ1v) is 12.9. The van der Waals surface area contributed by atoms with Gasteiger partial charge in [0.25, 0.3) is 0 Å². The van der Waals surface area contributed by atoms with Gasteiger partial charge in [0.1, 0.15) is 18.1 Å². The Morgan fingerprint density at radius 2 is 1.53 bits per heavy atom. The fraction of sp³-hybridized carbons (Fsp3) is 0.577. The lowest BCUT2D eigenvalue weighted by Gasteiger charge is -2.28. The zero-order chi connectivity index (χ0) is 28.7. The van der Waals surface area contributed by atoms with Crippen molar-refractivity contribution in [3.63, 3.8) is 0 Å². The van der Waals surface area contributed by atoms with Crippen molar-refractivity contribution in [3.05, 3.63) is 35.9 Å². The van der Waals surface area contributed by atoms with Crippen molar-refractivity contribution in [2.45, 2.75) is 83.0 Å². The maximum absolute atomic E-state index is 13.4. The first-order chi connectivity index (χ1) is 18.0. The van der Waals surface area contributed by atoms with Crippen LogP contribution < -0.4 is 33.2 Å². The Bertz CT molecular complexity index is 928. The van der Waals surface area contributed by atoms with Crippen molar-refractivity contribution < 1.29 is 29.1 Å². The Labute approximate surface area is 223 Å². The topological polar surface area (TPSA) is 220 Å². The number of hydrogen-bond donors (Lipinski definition) is 7. The summed E-state index contributed by atoms with van der Waals surface area (Å²) >= 11 is 0. The second-order valence-corrected chi connectivity index (χ2v) is 9.42. The minimum Gasteiger partial charge on any atom is -0.480 e. The van der Waals surface area contributed by atoms with Gasteiger partial charge in [-0.1, -0.05) is 57.0 Å². The summed E-state index contributed by atoms with van der Waals surface area (Å²) < 4.78 is 0. The van der Waals surface area contributed by atoms with E-state index < -0.39 is 53.8 Å². The number of carboxylic acids is 1. The van der Waals surface area contributed by atoms with Gasteiger partial charge in [-0.05, 0) is 37.3 Å². The van der Waals surface area contributed by atoms with Gasteiger partial charge in [0, 0.05) is 12.8 Å². The quantitative estimate of drug-likeness (QED) is 0.122. The van der Waals surface area contributed by atoms with E-state index in [4.69, 9.17) is 17.2 Å². The van der Waals surface area contributed by atoms with Gasteiger partial charge in [-0.3, -0.25) is 19.2 Å². The van der Waals surface area contributed by atoms with Crippen molar-refractivity contribution in [1.82, 2.24) is 16.0 Å². The number of amides is 4. The van der Waals surface area contributed by atoms with Gasteiger partial charge in [0.2, 0.25) is 23.6 Å². The lowest BCUT2D eigenvalue weighted by molar-refractivity contribution is -0.142. The molecule has 0 heterocycles. The largest absolute Gasteiger partial charge is 0.480 e. The van der Waals surface area contributed by atoms with E-state index in [1.54, 1.807) is 37.3 Å². The summed E-state index contributed by atoms with van der Waals surface area (Å²) in [5.41, 5.74) is 17.3. The molecule has 5 atom stereocenters. The Hall–Kier alpha value is -3.51. The zero-order valence-electron chi connectivity index (χ0n) is 22.2. The normalized spacial score (nSPS) is 14.8. The Morgan fingerprint density at radius 3 is 2.08 bits per heavy atom. The summed E-state index contributed by atoms with van der Waals surface area (Å²) in [4.78, 5) is 62.0. The molecule has 0 aliphatic heterocycles. The van der Waals surface area contributed by atoms with Crippen LogP contribution >= 0.6 is 0 Å². The van der Waals surface area contributed by atoms with Gasteiger partial charge >= 0.3 is 5.97 Å². The molecule has 12 heteroatoms. The highest BCUT2D eigenvalue weighted by molar-refractivity contribution is 5.94. The first-order valence-electron chi connectivity index (χ1n) is 12.9. The third kappa shape index (κ3) is 11.7. The van der Waals surface area contributed by atoms with E-state index in [1.165, 1.54) is 0 Å². The summed E-state index contributed by atoms with van der Waals surface area (Å²) in [6.45, 7) is 4.14. The number of unbranched alkanes of at least 4 members (excludes halogenated alkanes) is 1. The number of nitrogens with two attached hydrogens (primary N) is 3. The molecule has 12 nitrogen and oxygen atoms in total. The molecular weight excluding hydrogens is 492 g/mol. The molecule has 5 unspecified atom stereocenters. The van der Waals surface area contributed by atoms with Crippen molar-refractivity contribution in [1.29, 1.82) is 0 Å². The molecule has 212 valence electrons. The number of carbonyl (C=O) groups is 5. The van der Waals surface area contributed by atoms with Crippen molar-refractivity contribution in [3.8, 4) is 0 Å². The zero-order valence-corrected chi connectivity index (χ0v) is 22.2. The maximum atomic E-state index is 13.4. The fourth-order valence-electron chi connectivity index (χ4n) is 3.74. The van der Waals surface area contributed by atoms with Crippen LogP contribution in [0.1, 0.15) is 57.9 Å². The molecule has 0 radical (unpaired) electrons. The molecule has 0 bridgehead atoms. The highest BCUT2D eigenvalue weighted by Crippen LogP contribution is 2.11. The molecule has 0 saturated carbocycles. The number of hydrogen-bond acceptors (Lipinski definition) is 7. The monoisotopic (exact) mass is 534 g/mol. The second kappa shape index (κ2) is 17.1. The van der Waals surface area contributed by atoms with Gasteiger partial charge in [-0.25, -0.2) is 4.79 Å². The number of carbonyl (C=O) groups excluding carboxylic acids is 4. The molecule has 0 aromatic heterocycles. The second-order valence-electron chi connectivity index (χ2n) is 9.42. The highest BCUT2D eigenvalue weighted by Gasteiger charge is 2.32. The van der Waals surface area contributed by atoms with E-state index in [9.17, 15) is 29.1 Å². The predicted molar refractivity (Wildman–Crippen MR) is 142 cm³/mol. The molecule has 0 fully saturated rings. The summed E-state index contributed by atoms with van der Waals surface area (Å²) in [6.07, 6.45) is 2.01. The number of benzene rings is 1. The molecule has 0 saturated heterocycles. The van der Waals surface area contributed by atoms with Crippen LogP contribution in [0, 0.1) is 5.92 Å². The van der Waals surface area contributed by atoms with E-state index in [0.717, 1.165) is 12.0 Å². The average Bonchev–Trinajstić information content (AvgIpc) is 2.88. The summed E-state index contributed by atoms with van der Waals surface area (Å²) in [5, 5.41) is 17.3. The minimum absolute atomic E-state index is 0.0698. The van der Waals surface area contributed by atoms with Gasteiger partial charge in [0.15, 0.2) is 0 Å². The van der Waals surface area contributed by atoms with Crippen LogP contribution in [0.2, 0.25) is 0 Å². The summed E-state index contributed by atoms with van der Waals surface area (Å²) in [7, 11) is 0. The molecule has 1 aromatic rings. The molecule has 0 aliphatic rings. The van der Waals surface area contributed by atoms with Crippen LogP contribution in [0.5, 0.6) is 0 Å². The fourth-order valence-corrected chi connectivity index (χ4v) is 3.74. The van der Waals surface area contributed by atoms with Crippen molar-refractivity contribution in [2.75, 3.05) is 6.54 Å². The van der Waals surface area contributed by atoms with Crippen LogP contribution in [-0.2, 0) is 30.4 Å². The Morgan fingerprint density at radius 1 is 0.895 bits per heavy atom. The van der Waals surface area contributed by atoms with Crippen LogP contribution in [0.3, 0.4) is 0 Å². The third-order valence-corrected chi connectivity index (χ3v) is 6.31. The SMILES string of the molecule is CCC(C)C(NC(=O)C(N)CCCCN)C(=O)NC(Cc1ccccc1)C(=O)NC(CCC(N)=O)C(=O)O. The molecule has 10 N–H and O–H groups in total. The predicted octanol–water partition coefficient (Wildman–Crippen LogP) is -0.464. The van der Waals surface area contributed by atoms with Crippen molar-refractivity contribution >= 4 is 29.6 Å². The van der Waals surface area contributed by atoms with E-state index in [-0.39, 0.29) is 25.2 Å². The van der Waals surface area contributed by atoms with E-state index >= 15 is 0 Å². The highest BCUT2D eigenvalue weighted by atomic mass is 16.4. The number of rotatable bonds is 18. The molecular formula is C26H42N6O6. The van der Waals surface area contributed by atoms with Gasteiger partial charge in [-0.15, -0.1) is 0 Å². The lowest BCUT2D eigenvalue weighted by atomic mass is 9.96. The first kappa shape index (κ1) is 32.5. The van der Waals surface area contributed by atoms with Crippen molar-refractivity contribution in [2.24, 2.45) is 23.1 Å². The Balaban J connectivity index is 3.09. The Kier molecular flexibility index (Phi) is 14.6. The van der Waals surface area contributed by atoms with E-state index in [1.807, 2.05) is 6.92 Å². The van der Waals surface area contributed by atoms with Crippen LogP contribution in [-0.4, -0.2) is 65.4 Å². The third-order valence-electron chi connectivity index (χ3n) is 6.31. The maximum Gasteiger partial charge on any atom is 0.326 e. The number of aliphatic carboxylic acids is 1.